The molecule has 0 bridgehead atoms. The van der Waals surface area contributed by atoms with Crippen molar-refractivity contribution in [2.75, 3.05) is 24.7 Å². The molecule has 4 rings (SSSR count). The topological polar surface area (TPSA) is 160 Å². The molecule has 0 aliphatic heterocycles. The second kappa shape index (κ2) is 8.54. The molecule has 0 radical (unpaired) electrons. The summed E-state index contributed by atoms with van der Waals surface area (Å²) in [5.74, 6) is -0.845. The average Bonchev–Trinajstić information content (AvgIpc) is 3.51. The number of hydrogen-bond donors (Lipinski definition) is 3. The minimum atomic E-state index is -2.77. The number of nitrogens with zero attached hydrogens (tertiary/aromatic N) is 6. The summed E-state index contributed by atoms with van der Waals surface area (Å²) in [6, 6.07) is 8.42. The molecule has 0 spiro atoms. The lowest BCUT2D eigenvalue weighted by Crippen LogP contribution is -2.25. The van der Waals surface area contributed by atoms with Crippen molar-refractivity contribution in [2.24, 2.45) is 12.5 Å². The molecule has 12 heteroatoms. The smallest absolute Gasteiger partial charge is 0.273 e. The lowest BCUT2D eigenvalue weighted by atomic mass is 10.1. The summed E-state index contributed by atoms with van der Waals surface area (Å²) >= 11 is 0. The van der Waals surface area contributed by atoms with E-state index in [2.05, 4.69) is 30.9 Å². The highest BCUT2D eigenvalue weighted by atomic mass is 16.5. The molecule has 0 unspecified atom stereocenters. The highest BCUT2D eigenvalue weighted by Gasteiger charge is 2.50. The zero-order valence-corrected chi connectivity index (χ0v) is 17.7. The molecule has 0 atom stereocenters. The molecule has 33 heavy (non-hydrogen) atoms. The highest BCUT2D eigenvalue weighted by Crippen LogP contribution is 2.45. The second-order valence-corrected chi connectivity index (χ2v) is 7.35. The van der Waals surface area contributed by atoms with E-state index in [9.17, 15) is 14.9 Å². The number of nitrogens with one attached hydrogen (secondary N) is 3. The molecule has 1 aromatic carbocycles. The summed E-state index contributed by atoms with van der Waals surface area (Å²) in [4.78, 5) is 29.4. The number of methoxy groups -OCH3 is 1. The van der Waals surface area contributed by atoms with Gasteiger partial charge in [-0.2, -0.15) is 10.4 Å². The van der Waals surface area contributed by atoms with Gasteiger partial charge in [0.1, 0.15) is 11.7 Å². The molecular weight excluding hydrogens is 426 g/mol. The summed E-state index contributed by atoms with van der Waals surface area (Å²) in [6.07, 6.45) is 2.39. The molecule has 2 amide bonds. The van der Waals surface area contributed by atoms with Crippen LogP contribution >= 0.6 is 0 Å². The van der Waals surface area contributed by atoms with Crippen molar-refractivity contribution in [3.8, 4) is 23.2 Å². The Bertz CT molecular complexity index is 1380. The van der Waals surface area contributed by atoms with E-state index in [-0.39, 0.29) is 17.2 Å². The van der Waals surface area contributed by atoms with E-state index in [1.165, 1.54) is 24.2 Å². The Morgan fingerprint density at radius 1 is 1.30 bits per heavy atom. The van der Waals surface area contributed by atoms with E-state index in [1.54, 1.807) is 25.2 Å². The van der Waals surface area contributed by atoms with Crippen LogP contribution in [0, 0.1) is 16.7 Å². The molecule has 0 saturated heterocycles. The minimum absolute atomic E-state index is 0.0315. The van der Waals surface area contributed by atoms with E-state index in [1.807, 2.05) is 11.4 Å². The van der Waals surface area contributed by atoms with E-state index in [0.29, 0.717) is 35.7 Å². The molecule has 168 valence electrons. The van der Waals surface area contributed by atoms with Crippen molar-refractivity contribution in [1.82, 2.24) is 30.3 Å². The lowest BCUT2D eigenvalue weighted by Gasteiger charge is -2.16. The van der Waals surface area contributed by atoms with Crippen molar-refractivity contribution < 1.29 is 18.4 Å². The van der Waals surface area contributed by atoms with E-state index >= 15 is 0 Å². The first-order valence-corrected chi connectivity index (χ1v) is 9.78. The van der Waals surface area contributed by atoms with Gasteiger partial charge in [0.2, 0.25) is 5.91 Å². The van der Waals surface area contributed by atoms with Gasteiger partial charge < -0.3 is 20.7 Å². The number of amides is 2. The Morgan fingerprint density at radius 3 is 2.76 bits per heavy atom. The molecule has 1 fully saturated rings. The van der Waals surface area contributed by atoms with Gasteiger partial charge in [-0.3, -0.25) is 14.3 Å². The largest absolute Gasteiger partial charge is 0.494 e. The fourth-order valence-corrected chi connectivity index (χ4v) is 3.16. The van der Waals surface area contributed by atoms with Gasteiger partial charge in [-0.05, 0) is 25.0 Å². The predicted molar refractivity (Wildman–Crippen MR) is 118 cm³/mol. The van der Waals surface area contributed by atoms with Crippen LogP contribution in [0.2, 0.25) is 0 Å². The second-order valence-electron chi connectivity index (χ2n) is 7.35. The summed E-state index contributed by atoms with van der Waals surface area (Å²) in [6.45, 7) is -2.77. The number of benzene rings is 1. The van der Waals surface area contributed by atoms with Crippen molar-refractivity contribution in [2.45, 2.75) is 12.8 Å². The van der Waals surface area contributed by atoms with Crippen molar-refractivity contribution in [1.29, 1.82) is 5.26 Å². The molecule has 1 aliphatic carbocycles. The summed E-state index contributed by atoms with van der Waals surface area (Å²) in [7, 11) is 3.17. The number of carbonyl (C=O) groups excluding carboxylic acids is 2. The van der Waals surface area contributed by atoms with Crippen LogP contribution in [-0.4, -0.2) is 50.9 Å². The first-order chi connectivity index (χ1) is 17.0. The van der Waals surface area contributed by atoms with Gasteiger partial charge in [0.25, 0.3) is 5.91 Å². The maximum absolute atomic E-state index is 12.7. The first kappa shape index (κ1) is 18.1. The van der Waals surface area contributed by atoms with Crippen LogP contribution in [0.15, 0.2) is 30.6 Å². The van der Waals surface area contributed by atoms with Crippen molar-refractivity contribution >= 4 is 29.0 Å². The number of para-hydroxylation sites is 1. The first-order valence-electron chi connectivity index (χ1n) is 11.3. The molecule has 1 aliphatic rings. The molecule has 3 N–H and O–H groups in total. The monoisotopic (exact) mass is 450 g/mol. The SMILES string of the molecule is [2H]C([2H])([2H])NC(=O)c1nnc(NC(=O)C2(C#N)CC2)cc1Nc1cccc(-c2ncn(C)n2)c1OC. The predicted octanol–water partition coefficient (Wildman–Crippen LogP) is 1.63. The number of anilines is 3. The Hall–Kier alpha value is -4.53. The van der Waals surface area contributed by atoms with Gasteiger partial charge in [-0.15, -0.1) is 10.2 Å². The number of carbonyl (C=O) groups is 2. The van der Waals surface area contributed by atoms with Gasteiger partial charge in [-0.25, -0.2) is 4.98 Å². The zero-order chi connectivity index (χ0) is 26.1. The molecule has 3 aromatic rings. The zero-order valence-electron chi connectivity index (χ0n) is 20.7. The number of rotatable bonds is 7. The average molecular weight is 450 g/mol. The molecule has 2 heterocycles. The van der Waals surface area contributed by atoms with Crippen LogP contribution in [0.3, 0.4) is 0 Å². The minimum Gasteiger partial charge on any atom is -0.494 e. The van der Waals surface area contributed by atoms with Gasteiger partial charge in [0.05, 0.1) is 30.1 Å². The van der Waals surface area contributed by atoms with Crippen LogP contribution in [-0.2, 0) is 11.8 Å². The quantitative estimate of drug-likeness (QED) is 0.486. The van der Waals surface area contributed by atoms with Crippen molar-refractivity contribution in [3.05, 3.63) is 36.3 Å². The Morgan fingerprint density at radius 2 is 2.12 bits per heavy atom. The van der Waals surface area contributed by atoms with E-state index < -0.39 is 24.2 Å². The van der Waals surface area contributed by atoms with Gasteiger partial charge >= 0.3 is 0 Å². The van der Waals surface area contributed by atoms with Crippen LogP contribution in [0.1, 0.15) is 27.4 Å². The van der Waals surface area contributed by atoms with Gasteiger partial charge in [0.15, 0.2) is 23.1 Å². The number of hydrogen-bond acceptors (Lipinski definition) is 9. The van der Waals surface area contributed by atoms with E-state index in [0.717, 1.165) is 0 Å². The third-order valence-electron chi connectivity index (χ3n) is 5.09. The van der Waals surface area contributed by atoms with Gasteiger partial charge in [-0.1, -0.05) is 6.07 Å². The molecule has 2 aromatic heterocycles. The fourth-order valence-electron chi connectivity index (χ4n) is 3.16. The Kier molecular flexibility index (Phi) is 4.68. The highest BCUT2D eigenvalue weighted by molar-refractivity contribution is 6.01. The number of aromatic nitrogens is 5. The number of nitriles is 1. The van der Waals surface area contributed by atoms with Crippen LogP contribution < -0.4 is 20.7 Å². The van der Waals surface area contributed by atoms with Crippen molar-refractivity contribution in [3.63, 3.8) is 0 Å². The molecular formula is C21H21N9O3. The van der Waals surface area contributed by atoms with Gasteiger partial charge in [0, 0.05) is 24.2 Å². The Balaban J connectivity index is 1.73. The van der Waals surface area contributed by atoms with E-state index in [4.69, 9.17) is 8.85 Å². The molecule has 1 saturated carbocycles. The maximum atomic E-state index is 12.7. The standard InChI is InChI=1S/C21H21N9O3/c1-23-19(31)16-14(9-15(27-28-16)26-20(32)21(10-22)7-8-21)25-13-6-4-5-12(17(13)33-3)18-24-11-30(2)29-18/h4-6,9,11H,7-8H2,1-3H3,(H,23,31)(H2,25,26,27,32)/i1D3. The third kappa shape index (κ3) is 4.16. The fraction of sp³-hybridized carbons (Fsp3) is 0.286. The summed E-state index contributed by atoms with van der Waals surface area (Å²) in [5.41, 5.74) is -0.481. The lowest BCUT2D eigenvalue weighted by molar-refractivity contribution is -0.119. The van der Waals surface area contributed by atoms with Crippen LogP contribution in [0.4, 0.5) is 17.2 Å². The third-order valence-corrected chi connectivity index (χ3v) is 5.09. The van der Waals surface area contributed by atoms with Crippen LogP contribution in [0.25, 0.3) is 11.4 Å². The maximum Gasteiger partial charge on any atom is 0.273 e. The molecule has 12 nitrogen and oxygen atoms in total. The number of ether oxygens (including phenoxy) is 1. The normalized spacial score (nSPS) is 15.2. The van der Waals surface area contributed by atoms with Crippen LogP contribution in [0.5, 0.6) is 5.75 Å². The summed E-state index contributed by atoms with van der Waals surface area (Å²) in [5, 5.41) is 28.6. The Labute approximate surface area is 193 Å². The number of aryl methyl sites for hydroxylation is 1. The summed E-state index contributed by atoms with van der Waals surface area (Å²) < 4.78 is 29.1.